The first-order valence-corrected chi connectivity index (χ1v) is 8.99. The minimum absolute atomic E-state index is 0.0444. The molecule has 2 fully saturated rings. The predicted octanol–water partition coefficient (Wildman–Crippen LogP) is 2.10. The van der Waals surface area contributed by atoms with Crippen molar-refractivity contribution in [2.75, 3.05) is 33.4 Å². The van der Waals surface area contributed by atoms with Crippen LogP contribution in [0.3, 0.4) is 0 Å². The monoisotopic (exact) mass is 350 g/mol. The number of nitrogens with one attached hydrogen (secondary N) is 1. The molecule has 3 rings (SSSR count). The molecule has 1 amide bonds. The lowest BCUT2D eigenvalue weighted by Gasteiger charge is -2.39. The van der Waals surface area contributed by atoms with Gasteiger partial charge in [0.15, 0.2) is 0 Å². The molecular weight excluding hydrogens is 323 g/mol. The summed E-state index contributed by atoms with van der Waals surface area (Å²) in [5.41, 5.74) is 0.582. The highest BCUT2D eigenvalue weighted by Crippen LogP contribution is 2.37. The molecule has 138 valence electrons. The topological polar surface area (TPSA) is 50.8 Å². The molecule has 0 unspecified atom stereocenters. The Hall–Kier alpha value is -1.50. The summed E-state index contributed by atoms with van der Waals surface area (Å²) in [6.45, 7) is 2.96. The highest BCUT2D eigenvalue weighted by molar-refractivity contribution is 5.77. The SMILES string of the molecule is COCC(=O)NC[C@H]1CCC[C@]2(CCN(Cc3ccccc3F)C2)O1. The number of hydrogen-bond donors (Lipinski definition) is 1. The Bertz CT molecular complexity index is 598. The molecule has 2 aliphatic heterocycles. The summed E-state index contributed by atoms with van der Waals surface area (Å²) in [6.07, 6.45) is 4.09. The molecule has 0 radical (unpaired) electrons. The van der Waals surface area contributed by atoms with Crippen LogP contribution in [0.4, 0.5) is 4.39 Å². The van der Waals surface area contributed by atoms with Crippen molar-refractivity contribution >= 4 is 5.91 Å². The lowest BCUT2D eigenvalue weighted by atomic mass is 9.90. The minimum Gasteiger partial charge on any atom is -0.375 e. The van der Waals surface area contributed by atoms with E-state index < -0.39 is 0 Å². The van der Waals surface area contributed by atoms with Gasteiger partial charge >= 0.3 is 0 Å². The van der Waals surface area contributed by atoms with Crippen molar-refractivity contribution in [3.63, 3.8) is 0 Å². The molecule has 1 aromatic rings. The third-order valence-electron chi connectivity index (χ3n) is 5.12. The van der Waals surface area contributed by atoms with Crippen LogP contribution in [-0.4, -0.2) is 55.9 Å². The van der Waals surface area contributed by atoms with Crippen molar-refractivity contribution in [2.45, 2.75) is 43.9 Å². The van der Waals surface area contributed by atoms with Crippen LogP contribution in [0, 0.1) is 5.82 Å². The average Bonchev–Trinajstić information content (AvgIpc) is 2.97. The van der Waals surface area contributed by atoms with Gasteiger partial charge in [0.05, 0.1) is 11.7 Å². The van der Waals surface area contributed by atoms with Crippen molar-refractivity contribution in [2.24, 2.45) is 0 Å². The third kappa shape index (κ3) is 4.77. The number of halogens is 1. The van der Waals surface area contributed by atoms with Gasteiger partial charge in [-0.2, -0.15) is 0 Å². The van der Waals surface area contributed by atoms with Crippen LogP contribution in [0.15, 0.2) is 24.3 Å². The molecule has 1 N–H and O–H groups in total. The van der Waals surface area contributed by atoms with E-state index in [9.17, 15) is 9.18 Å². The Kier molecular flexibility index (Phi) is 6.04. The molecule has 0 bridgehead atoms. The average molecular weight is 350 g/mol. The van der Waals surface area contributed by atoms with Gasteiger partial charge in [0.1, 0.15) is 12.4 Å². The van der Waals surface area contributed by atoms with Gasteiger partial charge in [-0.3, -0.25) is 9.69 Å². The zero-order valence-corrected chi connectivity index (χ0v) is 14.8. The minimum atomic E-state index is -0.153. The van der Waals surface area contributed by atoms with Crippen LogP contribution >= 0.6 is 0 Å². The molecular formula is C19H27FN2O3. The second-order valence-electron chi connectivity index (χ2n) is 7.10. The summed E-state index contributed by atoms with van der Waals surface area (Å²) in [5.74, 6) is -0.259. The maximum absolute atomic E-state index is 13.9. The summed E-state index contributed by atoms with van der Waals surface area (Å²) in [6, 6.07) is 6.95. The van der Waals surface area contributed by atoms with Gasteiger partial charge in [0.25, 0.3) is 0 Å². The van der Waals surface area contributed by atoms with Crippen LogP contribution in [0.1, 0.15) is 31.2 Å². The van der Waals surface area contributed by atoms with E-state index in [1.807, 2.05) is 12.1 Å². The molecule has 2 saturated heterocycles. The molecule has 2 heterocycles. The second kappa shape index (κ2) is 8.25. The number of carbonyl (C=O) groups excluding carboxylic acids is 1. The van der Waals surface area contributed by atoms with E-state index in [1.165, 1.54) is 13.2 Å². The number of likely N-dealkylation sites (tertiary alicyclic amines) is 1. The van der Waals surface area contributed by atoms with Gasteiger partial charge in [-0.05, 0) is 31.7 Å². The zero-order valence-electron chi connectivity index (χ0n) is 14.8. The summed E-state index contributed by atoms with van der Waals surface area (Å²) in [5, 5.41) is 2.87. The Balaban J connectivity index is 1.52. The summed E-state index contributed by atoms with van der Waals surface area (Å²) < 4.78 is 25.1. The lowest BCUT2D eigenvalue weighted by molar-refractivity contribution is -0.132. The highest BCUT2D eigenvalue weighted by atomic mass is 19.1. The second-order valence-corrected chi connectivity index (χ2v) is 7.10. The van der Waals surface area contributed by atoms with Gasteiger partial charge in [0, 0.05) is 38.9 Å². The molecule has 2 aliphatic rings. The summed E-state index contributed by atoms with van der Waals surface area (Å²) in [7, 11) is 1.51. The normalized spacial score (nSPS) is 26.9. The van der Waals surface area contributed by atoms with Crippen LogP contribution in [0.5, 0.6) is 0 Å². The fraction of sp³-hybridized carbons (Fsp3) is 0.632. The molecule has 25 heavy (non-hydrogen) atoms. The van der Waals surface area contributed by atoms with E-state index in [4.69, 9.17) is 9.47 Å². The van der Waals surface area contributed by atoms with E-state index >= 15 is 0 Å². The number of hydrogen-bond acceptors (Lipinski definition) is 4. The number of benzene rings is 1. The van der Waals surface area contributed by atoms with E-state index in [1.54, 1.807) is 6.07 Å². The van der Waals surface area contributed by atoms with Crippen LogP contribution in [-0.2, 0) is 20.8 Å². The van der Waals surface area contributed by atoms with Gasteiger partial charge in [-0.15, -0.1) is 0 Å². The van der Waals surface area contributed by atoms with Gasteiger partial charge < -0.3 is 14.8 Å². The Morgan fingerprint density at radius 3 is 3.08 bits per heavy atom. The summed E-state index contributed by atoms with van der Waals surface area (Å²) in [4.78, 5) is 13.8. The van der Waals surface area contributed by atoms with Crippen LogP contribution in [0.2, 0.25) is 0 Å². The first-order valence-electron chi connectivity index (χ1n) is 8.99. The van der Waals surface area contributed by atoms with Crippen molar-refractivity contribution < 1.29 is 18.7 Å². The molecule has 2 atom stereocenters. The Morgan fingerprint density at radius 1 is 1.44 bits per heavy atom. The number of nitrogens with zero attached hydrogens (tertiary/aromatic N) is 1. The maximum atomic E-state index is 13.9. The quantitative estimate of drug-likeness (QED) is 0.854. The Labute approximate surface area is 148 Å². The number of carbonyl (C=O) groups is 1. The van der Waals surface area contributed by atoms with Crippen LogP contribution in [0.25, 0.3) is 0 Å². The van der Waals surface area contributed by atoms with E-state index in [2.05, 4.69) is 10.2 Å². The fourth-order valence-corrected chi connectivity index (χ4v) is 3.91. The number of amides is 1. The van der Waals surface area contributed by atoms with Crippen LogP contribution < -0.4 is 5.32 Å². The molecule has 0 aromatic heterocycles. The van der Waals surface area contributed by atoms with E-state index in [0.29, 0.717) is 13.1 Å². The zero-order chi connectivity index (χ0) is 17.7. The Morgan fingerprint density at radius 2 is 2.28 bits per heavy atom. The largest absolute Gasteiger partial charge is 0.375 e. The number of rotatable bonds is 6. The predicted molar refractivity (Wildman–Crippen MR) is 92.6 cm³/mol. The summed E-state index contributed by atoms with van der Waals surface area (Å²) >= 11 is 0. The smallest absolute Gasteiger partial charge is 0.246 e. The van der Waals surface area contributed by atoms with Crippen molar-refractivity contribution in [3.8, 4) is 0 Å². The first kappa shape index (κ1) is 18.3. The highest BCUT2D eigenvalue weighted by Gasteiger charge is 2.42. The number of methoxy groups -OCH3 is 1. The molecule has 0 saturated carbocycles. The van der Waals surface area contributed by atoms with Gasteiger partial charge in [-0.25, -0.2) is 4.39 Å². The molecule has 1 aromatic carbocycles. The third-order valence-corrected chi connectivity index (χ3v) is 5.12. The van der Waals surface area contributed by atoms with Gasteiger partial charge in [-0.1, -0.05) is 18.2 Å². The standard InChI is InChI=1S/C19H27FN2O3/c1-24-13-18(23)21-11-16-6-4-8-19(25-16)9-10-22(14-19)12-15-5-2-3-7-17(15)20/h2-3,5,7,16H,4,6,8-14H2,1H3,(H,21,23)/t16-,19-/m1/s1. The first-order chi connectivity index (χ1) is 12.1. The molecule has 5 nitrogen and oxygen atoms in total. The number of ether oxygens (including phenoxy) is 2. The van der Waals surface area contributed by atoms with Crippen molar-refractivity contribution in [1.82, 2.24) is 10.2 Å². The lowest BCUT2D eigenvalue weighted by Crippen LogP contribution is -2.47. The molecule has 6 heteroatoms. The van der Waals surface area contributed by atoms with Gasteiger partial charge in [0.2, 0.25) is 5.91 Å². The molecule has 1 spiro atoms. The maximum Gasteiger partial charge on any atom is 0.246 e. The van der Waals surface area contributed by atoms with Crippen molar-refractivity contribution in [1.29, 1.82) is 0 Å². The fourth-order valence-electron chi connectivity index (χ4n) is 3.91. The van der Waals surface area contributed by atoms with E-state index in [-0.39, 0.29) is 30.0 Å². The van der Waals surface area contributed by atoms with Crippen molar-refractivity contribution in [3.05, 3.63) is 35.6 Å². The van der Waals surface area contributed by atoms with E-state index in [0.717, 1.165) is 44.3 Å². The molecule has 0 aliphatic carbocycles.